The molecule has 1 unspecified atom stereocenters. The molecule has 0 aromatic rings. The first-order valence-electron chi connectivity index (χ1n) is 4.97. The van der Waals surface area contributed by atoms with Crippen LogP contribution in [0.2, 0.25) is 0 Å². The van der Waals surface area contributed by atoms with Crippen LogP contribution in [-0.2, 0) is 15.5 Å². The molecule has 0 saturated carbocycles. The monoisotopic (exact) mass is 221 g/mol. The quantitative estimate of drug-likeness (QED) is 0.657. The van der Waals surface area contributed by atoms with Gasteiger partial charge in [-0.15, -0.1) is 0 Å². The van der Waals surface area contributed by atoms with E-state index in [0.29, 0.717) is 12.6 Å². The van der Waals surface area contributed by atoms with Crippen LogP contribution in [0.1, 0.15) is 12.8 Å². The van der Waals surface area contributed by atoms with Gasteiger partial charge < -0.3 is 15.2 Å². The van der Waals surface area contributed by atoms with Crippen molar-refractivity contribution >= 4 is 10.8 Å². The van der Waals surface area contributed by atoms with Gasteiger partial charge in [0, 0.05) is 35.5 Å². The van der Waals surface area contributed by atoms with Crippen molar-refractivity contribution in [2.45, 2.75) is 24.9 Å². The van der Waals surface area contributed by atoms with Crippen molar-refractivity contribution in [3.05, 3.63) is 0 Å². The van der Waals surface area contributed by atoms with Crippen LogP contribution in [0.5, 0.6) is 0 Å². The summed E-state index contributed by atoms with van der Waals surface area (Å²) in [6.45, 7) is 0.615. The second-order valence-electron chi connectivity index (χ2n) is 3.62. The highest BCUT2D eigenvalue weighted by Gasteiger charge is 2.20. The molecule has 0 bridgehead atoms. The Morgan fingerprint density at radius 2 is 2.21 bits per heavy atom. The zero-order valence-electron chi connectivity index (χ0n) is 8.57. The van der Waals surface area contributed by atoms with E-state index in [2.05, 4.69) is 5.32 Å². The molecule has 1 rings (SSSR count). The molecular weight excluding hydrogens is 202 g/mol. The van der Waals surface area contributed by atoms with Crippen molar-refractivity contribution in [2.24, 2.45) is 0 Å². The van der Waals surface area contributed by atoms with Crippen molar-refractivity contribution in [3.8, 4) is 0 Å². The molecule has 14 heavy (non-hydrogen) atoms. The molecule has 0 spiro atoms. The SMILES string of the molecule is COCC(CO)NC1CCS(=O)CC1. The summed E-state index contributed by atoms with van der Waals surface area (Å²) in [5.74, 6) is 1.56. The van der Waals surface area contributed by atoms with Gasteiger partial charge in [0.1, 0.15) is 0 Å². The molecule has 4 nitrogen and oxygen atoms in total. The summed E-state index contributed by atoms with van der Waals surface area (Å²) in [6, 6.07) is 0.400. The number of aliphatic hydroxyl groups is 1. The number of aliphatic hydroxyl groups excluding tert-OH is 1. The van der Waals surface area contributed by atoms with E-state index in [4.69, 9.17) is 9.84 Å². The fourth-order valence-electron chi connectivity index (χ4n) is 1.65. The maximum absolute atomic E-state index is 11.1. The van der Waals surface area contributed by atoms with Crippen LogP contribution in [0, 0.1) is 0 Å². The average molecular weight is 221 g/mol. The number of rotatable bonds is 5. The molecular formula is C9H19NO3S. The molecule has 0 aromatic heterocycles. The van der Waals surface area contributed by atoms with Gasteiger partial charge in [-0.1, -0.05) is 0 Å². The zero-order valence-corrected chi connectivity index (χ0v) is 9.39. The Balaban J connectivity index is 2.24. The fraction of sp³-hybridized carbons (Fsp3) is 1.00. The van der Waals surface area contributed by atoms with Gasteiger partial charge in [-0.05, 0) is 12.8 Å². The Morgan fingerprint density at radius 1 is 1.57 bits per heavy atom. The third-order valence-electron chi connectivity index (χ3n) is 2.45. The minimum Gasteiger partial charge on any atom is -0.395 e. The lowest BCUT2D eigenvalue weighted by Crippen LogP contribution is -2.45. The molecule has 84 valence electrons. The predicted octanol–water partition coefficient (Wildman–Crippen LogP) is -0.506. The first-order valence-corrected chi connectivity index (χ1v) is 6.46. The summed E-state index contributed by atoms with van der Waals surface area (Å²) in [5.41, 5.74) is 0. The molecule has 1 saturated heterocycles. The van der Waals surface area contributed by atoms with Crippen molar-refractivity contribution in [2.75, 3.05) is 31.8 Å². The summed E-state index contributed by atoms with van der Waals surface area (Å²) >= 11 is 0. The van der Waals surface area contributed by atoms with Gasteiger partial charge >= 0.3 is 0 Å². The van der Waals surface area contributed by atoms with Gasteiger partial charge in [0.25, 0.3) is 0 Å². The Hall–Kier alpha value is 0.0300. The van der Waals surface area contributed by atoms with Crippen LogP contribution >= 0.6 is 0 Å². The molecule has 1 atom stereocenters. The Morgan fingerprint density at radius 3 is 2.71 bits per heavy atom. The Labute approximate surface area is 87.5 Å². The lowest BCUT2D eigenvalue weighted by atomic mass is 10.1. The molecule has 0 radical (unpaired) electrons. The number of hydrogen-bond acceptors (Lipinski definition) is 4. The van der Waals surface area contributed by atoms with E-state index in [1.165, 1.54) is 0 Å². The lowest BCUT2D eigenvalue weighted by Gasteiger charge is -2.26. The van der Waals surface area contributed by atoms with Crippen molar-refractivity contribution < 1.29 is 14.1 Å². The van der Waals surface area contributed by atoms with E-state index in [9.17, 15) is 4.21 Å². The summed E-state index contributed by atoms with van der Waals surface area (Å²) in [5, 5.41) is 12.4. The fourth-order valence-corrected chi connectivity index (χ4v) is 2.95. The van der Waals surface area contributed by atoms with E-state index in [-0.39, 0.29) is 12.6 Å². The summed E-state index contributed by atoms with van der Waals surface area (Å²) in [6.07, 6.45) is 1.87. The van der Waals surface area contributed by atoms with Crippen molar-refractivity contribution in [3.63, 3.8) is 0 Å². The smallest absolute Gasteiger partial charge is 0.0638 e. The first-order chi connectivity index (χ1) is 6.76. The standard InChI is InChI=1S/C9H19NO3S/c1-13-7-9(6-11)10-8-2-4-14(12)5-3-8/h8-11H,2-7H2,1H3. The molecule has 0 amide bonds. The Kier molecular flexibility index (Phi) is 5.62. The molecule has 5 heteroatoms. The minimum absolute atomic E-state index is 0.0107. The number of ether oxygens (including phenoxy) is 1. The van der Waals surface area contributed by atoms with Gasteiger partial charge in [-0.3, -0.25) is 4.21 Å². The average Bonchev–Trinajstić information content (AvgIpc) is 2.20. The highest BCUT2D eigenvalue weighted by Crippen LogP contribution is 2.09. The van der Waals surface area contributed by atoms with Crippen LogP contribution in [0.25, 0.3) is 0 Å². The van der Waals surface area contributed by atoms with E-state index in [1.54, 1.807) is 7.11 Å². The second kappa shape index (κ2) is 6.50. The molecule has 2 N–H and O–H groups in total. The van der Waals surface area contributed by atoms with Crippen molar-refractivity contribution in [1.29, 1.82) is 0 Å². The van der Waals surface area contributed by atoms with E-state index >= 15 is 0 Å². The van der Waals surface area contributed by atoms with Crippen molar-refractivity contribution in [1.82, 2.24) is 5.32 Å². The highest BCUT2D eigenvalue weighted by atomic mass is 32.2. The van der Waals surface area contributed by atoms with E-state index < -0.39 is 10.8 Å². The third kappa shape index (κ3) is 4.04. The second-order valence-corrected chi connectivity index (χ2v) is 5.32. The van der Waals surface area contributed by atoms with Gasteiger partial charge in [0.05, 0.1) is 19.3 Å². The van der Waals surface area contributed by atoms with Crippen LogP contribution in [0.15, 0.2) is 0 Å². The predicted molar refractivity (Wildman–Crippen MR) is 56.8 cm³/mol. The molecule has 0 aromatic carbocycles. The van der Waals surface area contributed by atoms with Gasteiger partial charge in [0.15, 0.2) is 0 Å². The number of methoxy groups -OCH3 is 1. The van der Waals surface area contributed by atoms with Crippen LogP contribution in [0.4, 0.5) is 0 Å². The van der Waals surface area contributed by atoms with Crippen LogP contribution in [-0.4, -0.2) is 53.2 Å². The molecule has 1 heterocycles. The van der Waals surface area contributed by atoms with Gasteiger partial charge in [0.2, 0.25) is 0 Å². The summed E-state index contributed by atoms with van der Waals surface area (Å²) in [4.78, 5) is 0. The van der Waals surface area contributed by atoms with Gasteiger partial charge in [-0.25, -0.2) is 0 Å². The molecule has 0 aliphatic carbocycles. The highest BCUT2D eigenvalue weighted by molar-refractivity contribution is 7.85. The molecule has 1 aliphatic rings. The maximum Gasteiger partial charge on any atom is 0.0638 e. The topological polar surface area (TPSA) is 58.6 Å². The Bertz CT molecular complexity index is 179. The van der Waals surface area contributed by atoms with Crippen LogP contribution < -0.4 is 5.32 Å². The third-order valence-corrected chi connectivity index (χ3v) is 3.83. The first kappa shape index (κ1) is 12.1. The zero-order chi connectivity index (χ0) is 10.4. The van der Waals surface area contributed by atoms with Crippen LogP contribution in [0.3, 0.4) is 0 Å². The minimum atomic E-state index is -0.615. The largest absolute Gasteiger partial charge is 0.395 e. The van der Waals surface area contributed by atoms with E-state index in [0.717, 1.165) is 24.3 Å². The molecule has 1 aliphatic heterocycles. The summed E-state index contributed by atoms with van der Waals surface area (Å²) in [7, 11) is 1.01. The van der Waals surface area contributed by atoms with E-state index in [1.807, 2.05) is 0 Å². The maximum atomic E-state index is 11.1. The normalized spacial score (nSPS) is 30.1. The lowest BCUT2D eigenvalue weighted by molar-refractivity contribution is 0.121. The number of nitrogens with one attached hydrogen (secondary N) is 1. The molecule has 1 fully saturated rings. The number of hydrogen-bond donors (Lipinski definition) is 2. The summed E-state index contributed by atoms with van der Waals surface area (Å²) < 4.78 is 16.1. The van der Waals surface area contributed by atoms with Gasteiger partial charge in [-0.2, -0.15) is 0 Å².